The Hall–Kier alpha value is -2.47. The van der Waals surface area contributed by atoms with Crippen LogP contribution in [0.1, 0.15) is 17.7 Å². The van der Waals surface area contributed by atoms with Gasteiger partial charge in [-0.15, -0.1) is 0 Å². The molecule has 0 radical (unpaired) electrons. The lowest BCUT2D eigenvalue weighted by molar-refractivity contribution is 0.122. The van der Waals surface area contributed by atoms with Crippen molar-refractivity contribution in [1.29, 1.82) is 0 Å². The van der Waals surface area contributed by atoms with Crippen molar-refractivity contribution < 1.29 is 9.47 Å². The molecule has 1 aliphatic carbocycles. The molecule has 0 N–H and O–H groups in total. The highest BCUT2D eigenvalue weighted by Gasteiger charge is 2.22. The minimum atomic E-state index is 0.598. The van der Waals surface area contributed by atoms with Crippen molar-refractivity contribution in [3.8, 4) is 17.1 Å². The number of rotatable bonds is 3. The Bertz CT molecular complexity index is 770. The molecule has 24 heavy (non-hydrogen) atoms. The third-order valence-corrected chi connectivity index (χ3v) is 4.38. The number of methoxy groups -OCH3 is 1. The number of allylic oxidation sites excluding steroid dienone is 1. The van der Waals surface area contributed by atoms with E-state index in [0.29, 0.717) is 19.1 Å². The van der Waals surface area contributed by atoms with Gasteiger partial charge in [0, 0.05) is 24.8 Å². The maximum atomic E-state index is 5.45. The molecular formula is C18H20N4O2. The minimum Gasteiger partial charge on any atom is -0.481 e. The second-order valence-electron chi connectivity index (χ2n) is 5.84. The third kappa shape index (κ3) is 2.73. The van der Waals surface area contributed by atoms with Crippen LogP contribution in [-0.4, -0.2) is 48.4 Å². The number of hydrogen-bond acceptors (Lipinski definition) is 6. The summed E-state index contributed by atoms with van der Waals surface area (Å²) < 4.78 is 10.9. The number of ether oxygens (including phenoxy) is 2. The number of morpholine rings is 1. The van der Waals surface area contributed by atoms with Crippen LogP contribution in [0.5, 0.6) is 5.88 Å². The SMILES string of the molecule is COc1ncccc1-c1nc(N2CCOCC2)nc2c1CCC=C2. The average Bonchev–Trinajstić information content (AvgIpc) is 2.68. The second kappa shape index (κ2) is 6.57. The van der Waals surface area contributed by atoms with Gasteiger partial charge in [-0.25, -0.2) is 15.0 Å². The largest absolute Gasteiger partial charge is 0.481 e. The zero-order valence-corrected chi connectivity index (χ0v) is 13.7. The summed E-state index contributed by atoms with van der Waals surface area (Å²) in [6.07, 6.45) is 7.93. The molecule has 0 amide bonds. The van der Waals surface area contributed by atoms with Gasteiger partial charge in [0.15, 0.2) is 0 Å². The average molecular weight is 324 g/mol. The van der Waals surface area contributed by atoms with Gasteiger partial charge in [0.2, 0.25) is 11.8 Å². The first-order chi connectivity index (χ1) is 11.9. The molecule has 0 atom stereocenters. The van der Waals surface area contributed by atoms with Crippen LogP contribution in [0, 0.1) is 0 Å². The summed E-state index contributed by atoms with van der Waals surface area (Å²) in [4.78, 5) is 16.2. The van der Waals surface area contributed by atoms with E-state index in [1.54, 1.807) is 13.3 Å². The Kier molecular flexibility index (Phi) is 4.13. The van der Waals surface area contributed by atoms with Crippen LogP contribution in [0.4, 0.5) is 5.95 Å². The van der Waals surface area contributed by atoms with Gasteiger partial charge >= 0.3 is 0 Å². The molecule has 2 aliphatic rings. The number of nitrogens with zero attached hydrogens (tertiary/aromatic N) is 4. The fourth-order valence-electron chi connectivity index (χ4n) is 3.16. The molecule has 6 heteroatoms. The maximum Gasteiger partial charge on any atom is 0.226 e. The van der Waals surface area contributed by atoms with Gasteiger partial charge in [-0.2, -0.15) is 0 Å². The van der Waals surface area contributed by atoms with Gasteiger partial charge in [-0.1, -0.05) is 6.08 Å². The Labute approximate surface area is 141 Å². The van der Waals surface area contributed by atoms with Gasteiger partial charge in [0.1, 0.15) is 0 Å². The number of pyridine rings is 1. The van der Waals surface area contributed by atoms with Gasteiger partial charge < -0.3 is 14.4 Å². The van der Waals surface area contributed by atoms with E-state index in [1.807, 2.05) is 12.1 Å². The molecule has 1 fully saturated rings. The van der Waals surface area contributed by atoms with Crippen LogP contribution in [-0.2, 0) is 11.2 Å². The summed E-state index contributed by atoms with van der Waals surface area (Å²) >= 11 is 0. The number of hydrogen-bond donors (Lipinski definition) is 0. The molecule has 2 aromatic rings. The molecule has 0 aromatic carbocycles. The van der Waals surface area contributed by atoms with E-state index in [2.05, 4.69) is 22.0 Å². The standard InChI is InChI=1S/C18H20N4O2/c1-23-17-14(6-4-8-19-17)16-13-5-2-3-7-15(13)20-18(21-16)22-9-11-24-12-10-22/h3-4,6-8H,2,5,9-12H2,1H3. The van der Waals surface area contributed by atoms with E-state index in [-0.39, 0.29) is 0 Å². The lowest BCUT2D eigenvalue weighted by atomic mass is 9.97. The first kappa shape index (κ1) is 15.1. The van der Waals surface area contributed by atoms with E-state index in [0.717, 1.165) is 48.8 Å². The zero-order chi connectivity index (χ0) is 16.4. The molecule has 0 saturated carbocycles. The van der Waals surface area contributed by atoms with E-state index in [9.17, 15) is 0 Å². The van der Waals surface area contributed by atoms with Gasteiger partial charge in [-0.3, -0.25) is 0 Å². The molecule has 0 unspecified atom stereocenters. The number of aromatic nitrogens is 3. The van der Waals surface area contributed by atoms with Crippen molar-refractivity contribution in [2.24, 2.45) is 0 Å². The van der Waals surface area contributed by atoms with E-state index >= 15 is 0 Å². The summed E-state index contributed by atoms with van der Waals surface area (Å²) in [5.74, 6) is 1.35. The molecule has 4 rings (SSSR count). The lowest BCUT2D eigenvalue weighted by Gasteiger charge is -2.28. The Morgan fingerprint density at radius 3 is 2.92 bits per heavy atom. The summed E-state index contributed by atoms with van der Waals surface area (Å²) in [6.45, 7) is 3.04. The van der Waals surface area contributed by atoms with Crippen molar-refractivity contribution >= 4 is 12.0 Å². The van der Waals surface area contributed by atoms with E-state index in [1.165, 1.54) is 5.56 Å². The van der Waals surface area contributed by atoms with E-state index < -0.39 is 0 Å². The first-order valence-corrected chi connectivity index (χ1v) is 8.26. The van der Waals surface area contributed by atoms with Gasteiger partial charge in [-0.05, 0) is 31.1 Å². The van der Waals surface area contributed by atoms with Gasteiger partial charge in [0.05, 0.1) is 37.3 Å². The quantitative estimate of drug-likeness (QED) is 0.864. The molecule has 0 spiro atoms. The number of anilines is 1. The molecule has 124 valence electrons. The van der Waals surface area contributed by atoms with Crippen molar-refractivity contribution in [2.75, 3.05) is 38.3 Å². The first-order valence-electron chi connectivity index (χ1n) is 8.26. The van der Waals surface area contributed by atoms with Gasteiger partial charge in [0.25, 0.3) is 0 Å². The smallest absolute Gasteiger partial charge is 0.226 e. The maximum absolute atomic E-state index is 5.45. The zero-order valence-electron chi connectivity index (χ0n) is 13.7. The summed E-state index contributed by atoms with van der Waals surface area (Å²) in [6, 6.07) is 3.93. The van der Waals surface area contributed by atoms with Crippen LogP contribution in [0.15, 0.2) is 24.4 Å². The van der Waals surface area contributed by atoms with Crippen LogP contribution in [0.25, 0.3) is 17.3 Å². The molecular weight excluding hydrogens is 304 g/mol. The third-order valence-electron chi connectivity index (χ3n) is 4.38. The summed E-state index contributed by atoms with van der Waals surface area (Å²) in [7, 11) is 1.64. The molecule has 3 heterocycles. The predicted octanol–water partition coefficient (Wildman–Crippen LogP) is 2.34. The highest BCUT2D eigenvalue weighted by Crippen LogP contribution is 2.34. The fourth-order valence-corrected chi connectivity index (χ4v) is 3.16. The van der Waals surface area contributed by atoms with Crippen LogP contribution >= 0.6 is 0 Å². The number of fused-ring (bicyclic) bond motifs is 1. The van der Waals surface area contributed by atoms with Crippen molar-refractivity contribution in [3.63, 3.8) is 0 Å². The van der Waals surface area contributed by atoms with Crippen molar-refractivity contribution in [1.82, 2.24) is 15.0 Å². The Morgan fingerprint density at radius 2 is 2.08 bits per heavy atom. The summed E-state index contributed by atoms with van der Waals surface area (Å²) in [5.41, 5.74) is 4.01. The van der Waals surface area contributed by atoms with Crippen LogP contribution < -0.4 is 9.64 Å². The summed E-state index contributed by atoms with van der Waals surface area (Å²) in [5, 5.41) is 0. The van der Waals surface area contributed by atoms with E-state index in [4.69, 9.17) is 19.4 Å². The van der Waals surface area contributed by atoms with Crippen molar-refractivity contribution in [2.45, 2.75) is 12.8 Å². The highest BCUT2D eigenvalue weighted by atomic mass is 16.5. The lowest BCUT2D eigenvalue weighted by Crippen LogP contribution is -2.37. The fraction of sp³-hybridized carbons (Fsp3) is 0.389. The molecule has 1 saturated heterocycles. The highest BCUT2D eigenvalue weighted by molar-refractivity contribution is 5.73. The monoisotopic (exact) mass is 324 g/mol. The Morgan fingerprint density at radius 1 is 1.21 bits per heavy atom. The Balaban J connectivity index is 1.86. The second-order valence-corrected chi connectivity index (χ2v) is 5.84. The molecule has 6 nitrogen and oxygen atoms in total. The topological polar surface area (TPSA) is 60.4 Å². The van der Waals surface area contributed by atoms with Crippen LogP contribution in [0.2, 0.25) is 0 Å². The molecule has 2 aromatic heterocycles. The van der Waals surface area contributed by atoms with Crippen LogP contribution in [0.3, 0.4) is 0 Å². The predicted molar refractivity (Wildman–Crippen MR) is 92.2 cm³/mol. The van der Waals surface area contributed by atoms with Crippen molar-refractivity contribution in [3.05, 3.63) is 35.7 Å². The molecule has 1 aliphatic heterocycles. The molecule has 0 bridgehead atoms. The minimum absolute atomic E-state index is 0.598. The normalized spacial score (nSPS) is 16.8.